The minimum absolute atomic E-state index is 0.0278. The summed E-state index contributed by atoms with van der Waals surface area (Å²) in [7, 11) is 0. The van der Waals surface area contributed by atoms with Crippen LogP contribution in [0.1, 0.15) is 91.9 Å². The van der Waals surface area contributed by atoms with Crippen molar-refractivity contribution in [3.63, 3.8) is 0 Å². The summed E-state index contributed by atoms with van der Waals surface area (Å²) in [6.45, 7) is 9.76. The third-order valence-corrected chi connectivity index (χ3v) is 3.84. The Morgan fingerprint density at radius 1 is 0.625 bits per heavy atom. The van der Waals surface area contributed by atoms with E-state index in [2.05, 4.69) is 32.4 Å². The number of aliphatic hydroxyl groups is 2. The number of hydrogen-bond acceptors (Lipinski definition) is 4. The van der Waals surface area contributed by atoms with Crippen molar-refractivity contribution in [3.05, 3.63) is 0 Å². The zero-order valence-corrected chi connectivity index (χ0v) is 16.8. The highest BCUT2D eigenvalue weighted by molar-refractivity contribution is 4.64. The van der Waals surface area contributed by atoms with E-state index in [1.165, 1.54) is 64.2 Å². The number of hydrogen-bond donors (Lipinski definition) is 2. The fraction of sp³-hybridized carbons (Fsp3) is 1.00. The first-order valence-electron chi connectivity index (χ1n) is 10.1. The molecule has 0 aromatic carbocycles. The maximum Gasteiger partial charge on any atom is 0.0698 e. The molecule has 0 spiro atoms. The lowest BCUT2D eigenvalue weighted by Crippen LogP contribution is -2.22. The first kappa shape index (κ1) is 26.1. The molecule has 0 saturated heterocycles. The first-order chi connectivity index (χ1) is 11.7. The zero-order valence-electron chi connectivity index (χ0n) is 16.8. The van der Waals surface area contributed by atoms with Gasteiger partial charge in [-0.3, -0.25) is 0 Å². The topological polar surface area (TPSA) is 58.9 Å². The maximum atomic E-state index is 8.09. The predicted octanol–water partition coefficient (Wildman–Crippen LogP) is 4.71. The number of unbranched alkanes of at least 4 members (excludes halogenated alkanes) is 2. The van der Waals surface area contributed by atoms with Gasteiger partial charge in [0.2, 0.25) is 0 Å². The highest BCUT2D eigenvalue weighted by Crippen LogP contribution is 2.19. The van der Waals surface area contributed by atoms with Crippen molar-refractivity contribution in [2.75, 3.05) is 26.4 Å². The fourth-order valence-electron chi connectivity index (χ4n) is 2.57. The van der Waals surface area contributed by atoms with E-state index < -0.39 is 0 Å². The molecule has 0 aliphatic heterocycles. The molecule has 0 aliphatic rings. The van der Waals surface area contributed by atoms with Crippen molar-refractivity contribution >= 4 is 0 Å². The monoisotopic (exact) mass is 348 g/mol. The van der Waals surface area contributed by atoms with Gasteiger partial charge in [-0.05, 0) is 25.7 Å². The van der Waals surface area contributed by atoms with Gasteiger partial charge in [-0.15, -0.1) is 0 Å². The largest absolute Gasteiger partial charge is 0.394 e. The van der Waals surface area contributed by atoms with Gasteiger partial charge in [0.25, 0.3) is 0 Å². The Labute approximate surface area is 150 Å². The van der Waals surface area contributed by atoms with E-state index in [1.807, 2.05) is 0 Å². The van der Waals surface area contributed by atoms with Crippen molar-refractivity contribution in [1.29, 1.82) is 0 Å². The van der Waals surface area contributed by atoms with Gasteiger partial charge in [-0.25, -0.2) is 0 Å². The van der Waals surface area contributed by atoms with E-state index in [9.17, 15) is 0 Å². The van der Waals surface area contributed by atoms with E-state index in [0.29, 0.717) is 25.4 Å². The molecule has 0 saturated carbocycles. The summed E-state index contributed by atoms with van der Waals surface area (Å²) in [5.74, 6) is 0. The van der Waals surface area contributed by atoms with E-state index in [-0.39, 0.29) is 13.2 Å². The summed E-state index contributed by atoms with van der Waals surface area (Å²) in [5.41, 5.74) is 0. The highest BCUT2D eigenvalue weighted by Gasteiger charge is 2.14. The minimum atomic E-state index is 0.0278. The van der Waals surface area contributed by atoms with Crippen LogP contribution in [0, 0.1) is 0 Å². The molecule has 0 bridgehead atoms. The van der Waals surface area contributed by atoms with Gasteiger partial charge in [-0.1, -0.05) is 66.2 Å². The number of rotatable bonds is 16. The van der Waals surface area contributed by atoms with Crippen LogP contribution in [0.25, 0.3) is 0 Å². The van der Waals surface area contributed by atoms with E-state index in [0.717, 1.165) is 0 Å². The van der Waals surface area contributed by atoms with Crippen LogP contribution >= 0.6 is 0 Å². The smallest absolute Gasteiger partial charge is 0.0698 e. The molecule has 0 amide bonds. The molecular formula is C20H44O4. The molecular weight excluding hydrogens is 304 g/mol. The van der Waals surface area contributed by atoms with Crippen molar-refractivity contribution < 1.29 is 19.7 Å². The second-order valence-electron chi connectivity index (χ2n) is 6.30. The molecule has 0 aliphatic carbocycles. The SMILES string of the molecule is CCCCC(CCC)OC(CCC)CCCC.OCCOCCO. The summed E-state index contributed by atoms with van der Waals surface area (Å²) in [4.78, 5) is 0. The lowest BCUT2D eigenvalue weighted by molar-refractivity contribution is -0.0305. The van der Waals surface area contributed by atoms with Crippen molar-refractivity contribution in [1.82, 2.24) is 0 Å². The van der Waals surface area contributed by atoms with Gasteiger partial charge in [-0.2, -0.15) is 0 Å². The summed E-state index contributed by atoms with van der Waals surface area (Å²) in [6.07, 6.45) is 13.8. The standard InChI is InChI=1S/C16H34O.C4H10O3/c1-5-9-13-15(11-7-3)17-16(12-8-4)14-10-6-2;5-1-3-7-4-2-6/h15-16H,5-14H2,1-4H3;5-6H,1-4H2. The van der Waals surface area contributed by atoms with Crippen molar-refractivity contribution in [2.45, 2.75) is 104 Å². The average Bonchev–Trinajstić information content (AvgIpc) is 2.59. The molecule has 0 aromatic heterocycles. The van der Waals surface area contributed by atoms with Crippen LogP contribution in [0.3, 0.4) is 0 Å². The van der Waals surface area contributed by atoms with Gasteiger partial charge in [0.15, 0.2) is 0 Å². The summed E-state index contributed by atoms with van der Waals surface area (Å²) in [5, 5.41) is 16.2. The van der Waals surface area contributed by atoms with Crippen LogP contribution in [0.2, 0.25) is 0 Å². The van der Waals surface area contributed by atoms with Gasteiger partial charge in [0, 0.05) is 0 Å². The van der Waals surface area contributed by atoms with Gasteiger partial charge < -0.3 is 19.7 Å². The second kappa shape index (κ2) is 22.8. The maximum absolute atomic E-state index is 8.09. The summed E-state index contributed by atoms with van der Waals surface area (Å²) < 4.78 is 11.0. The molecule has 4 nitrogen and oxygen atoms in total. The highest BCUT2D eigenvalue weighted by atomic mass is 16.5. The minimum Gasteiger partial charge on any atom is -0.394 e. The van der Waals surface area contributed by atoms with Crippen molar-refractivity contribution in [2.24, 2.45) is 0 Å². The van der Waals surface area contributed by atoms with Crippen molar-refractivity contribution in [3.8, 4) is 0 Å². The molecule has 2 unspecified atom stereocenters. The lowest BCUT2D eigenvalue weighted by atomic mass is 10.0. The van der Waals surface area contributed by atoms with E-state index in [4.69, 9.17) is 14.9 Å². The molecule has 4 heteroatoms. The quantitative estimate of drug-likeness (QED) is 0.397. The molecule has 2 atom stereocenters. The van der Waals surface area contributed by atoms with Crippen LogP contribution < -0.4 is 0 Å². The van der Waals surface area contributed by atoms with Crippen LogP contribution in [-0.2, 0) is 9.47 Å². The molecule has 0 fully saturated rings. The van der Waals surface area contributed by atoms with Gasteiger partial charge >= 0.3 is 0 Å². The molecule has 148 valence electrons. The molecule has 2 N–H and O–H groups in total. The van der Waals surface area contributed by atoms with Gasteiger partial charge in [0.1, 0.15) is 0 Å². The number of aliphatic hydroxyl groups excluding tert-OH is 2. The summed E-state index contributed by atoms with van der Waals surface area (Å²) >= 11 is 0. The Kier molecular flexibility index (Phi) is 24.8. The molecule has 0 aromatic rings. The summed E-state index contributed by atoms with van der Waals surface area (Å²) in [6, 6.07) is 0. The third-order valence-electron chi connectivity index (χ3n) is 3.84. The Hall–Kier alpha value is -0.160. The van der Waals surface area contributed by atoms with Crippen LogP contribution in [0.4, 0.5) is 0 Å². The first-order valence-corrected chi connectivity index (χ1v) is 10.1. The third kappa shape index (κ3) is 19.9. The average molecular weight is 349 g/mol. The molecule has 0 rings (SSSR count). The zero-order chi connectivity index (χ0) is 18.5. The normalized spacial score (nSPS) is 13.2. The Bertz CT molecular complexity index is 192. The van der Waals surface area contributed by atoms with Crippen LogP contribution in [0.15, 0.2) is 0 Å². The van der Waals surface area contributed by atoms with Gasteiger partial charge in [0.05, 0.1) is 38.6 Å². The Balaban J connectivity index is 0. The van der Waals surface area contributed by atoms with E-state index >= 15 is 0 Å². The molecule has 0 heterocycles. The molecule has 24 heavy (non-hydrogen) atoms. The van der Waals surface area contributed by atoms with Crippen LogP contribution in [0.5, 0.6) is 0 Å². The Morgan fingerprint density at radius 2 is 1.04 bits per heavy atom. The predicted molar refractivity (Wildman–Crippen MR) is 103 cm³/mol. The van der Waals surface area contributed by atoms with E-state index in [1.54, 1.807) is 0 Å². The fourth-order valence-corrected chi connectivity index (χ4v) is 2.57. The Morgan fingerprint density at radius 3 is 1.33 bits per heavy atom. The molecule has 0 radical (unpaired) electrons. The lowest BCUT2D eigenvalue weighted by Gasteiger charge is -2.24. The van der Waals surface area contributed by atoms with Crippen LogP contribution in [-0.4, -0.2) is 48.8 Å². The second-order valence-corrected chi connectivity index (χ2v) is 6.30. The number of ether oxygens (including phenoxy) is 2.